The molecule has 0 aliphatic carbocycles. The van der Waals surface area contributed by atoms with Crippen LogP contribution < -0.4 is 9.57 Å². The normalized spacial score (nSPS) is 9.92. The van der Waals surface area contributed by atoms with Crippen molar-refractivity contribution in [1.29, 1.82) is 0 Å². The van der Waals surface area contributed by atoms with E-state index in [0.29, 0.717) is 0 Å². The van der Waals surface area contributed by atoms with Gasteiger partial charge < -0.3 is 0 Å². The molecule has 0 amide bonds. The van der Waals surface area contributed by atoms with E-state index >= 15 is 0 Å². The summed E-state index contributed by atoms with van der Waals surface area (Å²) in [7, 11) is 0. The molecule has 66 valence electrons. The molecule has 0 spiro atoms. The number of hydrogen-bond acceptors (Lipinski definition) is 2. The Morgan fingerprint density at radius 3 is 2.62 bits per heavy atom. The molecule has 0 N–H and O–H groups in total. The minimum Gasteiger partial charge on any atom is -0.231 e. The first-order valence-corrected chi connectivity index (χ1v) is 5.45. The van der Waals surface area contributed by atoms with Gasteiger partial charge in [-0.1, -0.05) is 27.3 Å². The van der Waals surface area contributed by atoms with Crippen LogP contribution in [0.4, 0.5) is 0 Å². The molecule has 0 unspecified atom stereocenters. The van der Waals surface area contributed by atoms with Gasteiger partial charge >= 0.3 is 0 Å². The van der Waals surface area contributed by atoms with Crippen molar-refractivity contribution >= 4 is 27.3 Å². The number of benzene rings is 1. The summed E-state index contributed by atoms with van der Waals surface area (Å²) in [5, 5.41) is 1.96. The highest BCUT2D eigenvalue weighted by atomic mass is 79.9. The van der Waals surface area contributed by atoms with Gasteiger partial charge in [0.1, 0.15) is 0 Å². The molecule has 0 radical (unpaired) electrons. The minimum atomic E-state index is 0.826. The Morgan fingerprint density at radius 2 is 2.00 bits per heavy atom. The number of halogens is 1. The maximum absolute atomic E-state index is 5.48. The molecule has 0 saturated heterocycles. The molecule has 0 aliphatic heterocycles. The number of thiazole rings is 1. The van der Waals surface area contributed by atoms with E-state index in [1.165, 1.54) is 0 Å². The van der Waals surface area contributed by atoms with Crippen LogP contribution in [0.1, 0.15) is 0 Å². The van der Waals surface area contributed by atoms with Crippen molar-refractivity contribution in [3.63, 3.8) is 0 Å². The van der Waals surface area contributed by atoms with Crippen LogP contribution in [-0.4, -0.2) is 0 Å². The molecule has 0 atom stereocenters. The van der Waals surface area contributed by atoms with Crippen molar-refractivity contribution in [2.24, 2.45) is 0 Å². The summed E-state index contributed by atoms with van der Waals surface area (Å²) in [6, 6.07) is 7.72. The molecule has 13 heavy (non-hydrogen) atoms. The van der Waals surface area contributed by atoms with E-state index in [1.807, 2.05) is 41.4 Å². The highest BCUT2D eigenvalue weighted by molar-refractivity contribution is 9.10. The lowest BCUT2D eigenvalue weighted by atomic mass is 10.3. The summed E-state index contributed by atoms with van der Waals surface area (Å²) < 4.78 is 2.73. The largest absolute Gasteiger partial charge is 0.277 e. The number of hydrogen-bond donors (Lipinski definition) is 0. The number of aromatic nitrogens is 1. The van der Waals surface area contributed by atoms with Crippen molar-refractivity contribution in [3.05, 3.63) is 45.8 Å². The summed E-state index contributed by atoms with van der Waals surface area (Å²) in [6.07, 6.45) is 1.87. The number of nitrogens with zero attached hydrogens (tertiary/aromatic N) is 1. The van der Waals surface area contributed by atoms with E-state index in [2.05, 4.69) is 15.9 Å². The van der Waals surface area contributed by atoms with Gasteiger partial charge in [-0.2, -0.15) is 0 Å². The first kappa shape index (κ1) is 8.72. The molecule has 2 rings (SSSR count). The molecule has 0 saturated carbocycles. The maximum Gasteiger partial charge on any atom is 0.277 e. The Hall–Kier alpha value is -0.870. The van der Waals surface area contributed by atoms with Crippen molar-refractivity contribution in [1.82, 2.24) is 0 Å². The molecule has 0 aliphatic rings. The van der Waals surface area contributed by atoms with E-state index in [0.717, 1.165) is 10.2 Å². The van der Waals surface area contributed by atoms with Gasteiger partial charge in [0.25, 0.3) is 5.51 Å². The van der Waals surface area contributed by atoms with Crippen LogP contribution in [0.3, 0.4) is 0 Å². The van der Waals surface area contributed by atoms with Gasteiger partial charge in [0, 0.05) is 9.20 Å². The summed E-state index contributed by atoms with van der Waals surface area (Å²) in [5.41, 5.74) is 1.89. The third-order valence-electron chi connectivity index (χ3n) is 1.48. The molecule has 1 heterocycles. The lowest BCUT2D eigenvalue weighted by Gasteiger charge is -1.94. The van der Waals surface area contributed by atoms with Crippen molar-refractivity contribution in [2.75, 3.05) is 0 Å². The van der Waals surface area contributed by atoms with Crippen LogP contribution in [0.5, 0.6) is 5.75 Å². The van der Waals surface area contributed by atoms with E-state index in [4.69, 9.17) is 4.84 Å². The quantitative estimate of drug-likeness (QED) is 0.754. The fourth-order valence-corrected chi connectivity index (χ4v) is 1.65. The second-order valence-corrected chi connectivity index (χ2v) is 4.10. The highest BCUT2D eigenvalue weighted by Crippen LogP contribution is 2.15. The first-order chi connectivity index (χ1) is 6.34. The zero-order valence-corrected chi connectivity index (χ0v) is 9.09. The first-order valence-electron chi connectivity index (χ1n) is 3.72. The van der Waals surface area contributed by atoms with Gasteiger partial charge in [0.05, 0.1) is 5.38 Å². The second kappa shape index (κ2) is 3.89. The molecular formula is C9H7BrNOS+. The van der Waals surface area contributed by atoms with E-state index < -0.39 is 0 Å². The predicted octanol–water partition coefficient (Wildman–Crippen LogP) is 2.64. The Kier molecular flexibility index (Phi) is 2.61. The Balaban J connectivity index is 2.15. The third-order valence-corrected chi connectivity index (χ3v) is 2.61. The van der Waals surface area contributed by atoms with Gasteiger partial charge in [-0.15, -0.1) is 0 Å². The van der Waals surface area contributed by atoms with Gasteiger partial charge in [-0.3, -0.25) is 0 Å². The molecule has 0 bridgehead atoms. The molecule has 4 heteroatoms. The SMILES string of the molecule is Brc1ccc(O[n+]2ccsc2)cc1. The topological polar surface area (TPSA) is 13.1 Å². The molecule has 1 aromatic heterocycles. The Bertz CT molecular complexity index is 371. The highest BCUT2D eigenvalue weighted by Gasteiger charge is 2.02. The van der Waals surface area contributed by atoms with Crippen molar-refractivity contribution < 1.29 is 9.57 Å². The summed E-state index contributed by atoms with van der Waals surface area (Å²) in [5.74, 6) is 0.826. The average molecular weight is 257 g/mol. The average Bonchev–Trinajstić information content (AvgIpc) is 2.62. The predicted molar refractivity (Wildman–Crippen MR) is 54.7 cm³/mol. The van der Waals surface area contributed by atoms with Crippen LogP contribution in [0.25, 0.3) is 0 Å². The lowest BCUT2D eigenvalue weighted by molar-refractivity contribution is -0.871. The van der Waals surface area contributed by atoms with E-state index in [-0.39, 0.29) is 0 Å². The summed E-state index contributed by atoms with van der Waals surface area (Å²) in [6.45, 7) is 0. The van der Waals surface area contributed by atoms with Crippen LogP contribution >= 0.6 is 27.3 Å². The lowest BCUT2D eigenvalue weighted by Crippen LogP contribution is -2.36. The molecule has 2 aromatic rings. The van der Waals surface area contributed by atoms with Crippen molar-refractivity contribution in [3.8, 4) is 5.75 Å². The summed E-state index contributed by atoms with van der Waals surface area (Å²) >= 11 is 4.95. The van der Waals surface area contributed by atoms with Crippen molar-refractivity contribution in [2.45, 2.75) is 0 Å². The fourth-order valence-electron chi connectivity index (χ4n) is 0.894. The fraction of sp³-hybridized carbons (Fsp3) is 0. The third kappa shape index (κ3) is 2.29. The second-order valence-electron chi connectivity index (χ2n) is 2.43. The molecular weight excluding hydrogens is 250 g/mol. The Morgan fingerprint density at radius 1 is 1.23 bits per heavy atom. The zero-order chi connectivity index (χ0) is 9.10. The van der Waals surface area contributed by atoms with Crippen LogP contribution in [-0.2, 0) is 0 Å². The van der Waals surface area contributed by atoms with E-state index in [1.54, 1.807) is 16.1 Å². The smallest absolute Gasteiger partial charge is 0.231 e. The Labute approximate surface area is 88.5 Å². The van der Waals surface area contributed by atoms with Gasteiger partial charge in [-0.05, 0) is 24.3 Å². The standard InChI is InChI=1S/C9H7BrNOS/c10-8-1-3-9(4-2-8)12-11-5-6-13-7-11/h1-7H/q+1. The summed E-state index contributed by atoms with van der Waals surface area (Å²) in [4.78, 5) is 5.48. The maximum atomic E-state index is 5.48. The van der Waals surface area contributed by atoms with Crippen LogP contribution in [0.15, 0.2) is 45.8 Å². The molecule has 1 aromatic carbocycles. The molecule has 0 fully saturated rings. The van der Waals surface area contributed by atoms with Gasteiger partial charge in [0.2, 0.25) is 11.9 Å². The molecule has 2 nitrogen and oxygen atoms in total. The minimum absolute atomic E-state index is 0.826. The monoisotopic (exact) mass is 256 g/mol. The van der Waals surface area contributed by atoms with E-state index in [9.17, 15) is 0 Å². The van der Waals surface area contributed by atoms with Crippen LogP contribution in [0, 0.1) is 0 Å². The van der Waals surface area contributed by atoms with Gasteiger partial charge in [0.15, 0.2) is 0 Å². The van der Waals surface area contributed by atoms with Gasteiger partial charge in [-0.25, -0.2) is 4.84 Å². The zero-order valence-electron chi connectivity index (χ0n) is 6.68. The van der Waals surface area contributed by atoms with Crippen LogP contribution in [0.2, 0.25) is 0 Å². The number of rotatable bonds is 2.